The lowest BCUT2D eigenvalue weighted by Crippen LogP contribution is -2.54. The normalized spacial score (nSPS) is 23.7. The van der Waals surface area contributed by atoms with Crippen molar-refractivity contribution in [1.29, 1.82) is 0 Å². The maximum Gasteiger partial charge on any atom is 0.333 e. The van der Waals surface area contributed by atoms with Crippen molar-refractivity contribution in [2.24, 2.45) is 17.8 Å². The van der Waals surface area contributed by atoms with Crippen molar-refractivity contribution in [3.63, 3.8) is 0 Å². The molecule has 0 saturated heterocycles. The van der Waals surface area contributed by atoms with Crippen LogP contribution in [0.5, 0.6) is 23.0 Å². The van der Waals surface area contributed by atoms with Crippen LogP contribution < -0.4 is 0 Å². The number of aliphatic hydroxyl groups excluding tert-OH is 2. The molecule has 4 aromatic rings. The molecule has 0 aromatic heterocycles. The van der Waals surface area contributed by atoms with Crippen LogP contribution in [0.3, 0.4) is 0 Å². The fraction of sp³-hybridized carbons (Fsp3) is 0.349. The van der Waals surface area contributed by atoms with Crippen LogP contribution in [0.1, 0.15) is 84.7 Å². The van der Waals surface area contributed by atoms with Crippen LogP contribution in [0.25, 0.3) is 32.7 Å². The van der Waals surface area contributed by atoms with Crippen molar-refractivity contribution in [2.45, 2.75) is 64.1 Å². The van der Waals surface area contributed by atoms with E-state index in [4.69, 9.17) is 21.1 Å². The third-order valence-electron chi connectivity index (χ3n) is 12.0. The summed E-state index contributed by atoms with van der Waals surface area (Å²) in [6, 6.07) is 6.34. The summed E-state index contributed by atoms with van der Waals surface area (Å²) >= 11 is 6.99. The number of ether oxygens (including phenoxy) is 2. The number of aromatic hydroxyl groups is 4. The molecule has 0 fully saturated rings. The van der Waals surface area contributed by atoms with E-state index in [1.54, 1.807) is 27.7 Å². The SMILES string of the molecule is COC(=O)/C=C(\O)C1c2c(c(O)c3c(O)ccc(Cl)c3c2-c2c3c(c(O)c4c(O)cccc24)C(=O)C(C)C(O)(C(C)C)C3/C(O)=C\C(=O)OC)C(=O)CC1(O)C(C)C. The molecule has 14 nitrogen and oxygen atoms in total. The number of phenolic OH excluding ortho intramolecular Hbond substituents is 4. The van der Waals surface area contributed by atoms with Crippen molar-refractivity contribution in [3.05, 3.63) is 81.3 Å². The molecule has 0 aliphatic heterocycles. The molecule has 0 amide bonds. The molecule has 58 heavy (non-hydrogen) atoms. The summed E-state index contributed by atoms with van der Waals surface area (Å²) in [7, 11) is 2.08. The van der Waals surface area contributed by atoms with Gasteiger partial charge in [-0.1, -0.05) is 58.4 Å². The number of aliphatic hydroxyl groups is 4. The number of ketones is 2. The van der Waals surface area contributed by atoms with E-state index in [1.807, 2.05) is 0 Å². The molecule has 306 valence electrons. The summed E-state index contributed by atoms with van der Waals surface area (Å²) in [5.41, 5.74) is -6.88. The van der Waals surface area contributed by atoms with Gasteiger partial charge in [0.05, 0.1) is 71.3 Å². The van der Waals surface area contributed by atoms with Crippen LogP contribution in [-0.2, 0) is 19.1 Å². The highest BCUT2D eigenvalue weighted by Crippen LogP contribution is 2.62. The molecular formula is C43H43ClO14. The van der Waals surface area contributed by atoms with Crippen LogP contribution in [0.4, 0.5) is 0 Å². The molecule has 6 rings (SSSR count). The number of esters is 2. The highest BCUT2D eigenvalue weighted by molar-refractivity contribution is 6.38. The van der Waals surface area contributed by atoms with Gasteiger partial charge >= 0.3 is 11.9 Å². The van der Waals surface area contributed by atoms with Gasteiger partial charge in [0.1, 0.15) is 34.5 Å². The Morgan fingerprint density at radius 2 is 1.28 bits per heavy atom. The Bertz CT molecular complexity index is 2530. The Morgan fingerprint density at radius 1 is 0.741 bits per heavy atom. The van der Waals surface area contributed by atoms with Gasteiger partial charge in [-0.05, 0) is 57.7 Å². The number of phenols is 4. The van der Waals surface area contributed by atoms with Crippen LogP contribution in [0, 0.1) is 17.8 Å². The van der Waals surface area contributed by atoms with Gasteiger partial charge in [-0.15, -0.1) is 0 Å². The van der Waals surface area contributed by atoms with Crippen molar-refractivity contribution < 1.29 is 69.5 Å². The van der Waals surface area contributed by atoms with Gasteiger partial charge in [0, 0.05) is 22.7 Å². The second-order valence-corrected chi connectivity index (χ2v) is 15.9. The van der Waals surface area contributed by atoms with E-state index in [-0.39, 0.29) is 43.4 Å². The molecule has 15 heteroatoms. The first-order valence-electron chi connectivity index (χ1n) is 18.3. The van der Waals surface area contributed by atoms with Crippen LogP contribution in [0.2, 0.25) is 5.02 Å². The summed E-state index contributed by atoms with van der Waals surface area (Å²) in [6.07, 6.45) is 0.611. The maximum atomic E-state index is 14.7. The highest BCUT2D eigenvalue weighted by atomic mass is 35.5. The zero-order valence-electron chi connectivity index (χ0n) is 32.5. The number of Topliss-reactive ketones (excluding diaryl/α,β-unsaturated/α-hetero) is 2. The predicted molar refractivity (Wildman–Crippen MR) is 212 cm³/mol. The molecule has 0 heterocycles. The van der Waals surface area contributed by atoms with Gasteiger partial charge < -0.3 is 50.3 Å². The summed E-state index contributed by atoms with van der Waals surface area (Å²) in [5.74, 6) is -15.1. The van der Waals surface area contributed by atoms with E-state index in [2.05, 4.69) is 0 Å². The fourth-order valence-corrected chi connectivity index (χ4v) is 9.26. The van der Waals surface area contributed by atoms with E-state index in [9.17, 15) is 60.0 Å². The van der Waals surface area contributed by atoms with E-state index in [1.165, 1.54) is 31.2 Å². The maximum absolute atomic E-state index is 14.7. The number of carbonyl (C=O) groups is 4. The van der Waals surface area contributed by atoms with Crippen molar-refractivity contribution in [2.75, 3.05) is 14.2 Å². The molecule has 5 atom stereocenters. The molecule has 0 saturated carbocycles. The lowest BCUT2D eigenvalue weighted by molar-refractivity contribution is -0.136. The molecular weight excluding hydrogens is 776 g/mol. The minimum Gasteiger partial charge on any atom is -0.511 e. The fourth-order valence-electron chi connectivity index (χ4n) is 9.01. The summed E-state index contributed by atoms with van der Waals surface area (Å²) < 4.78 is 9.58. The Labute approximate surface area is 336 Å². The molecule has 2 aliphatic carbocycles. The quantitative estimate of drug-likeness (QED) is 0.0548. The van der Waals surface area contributed by atoms with Gasteiger partial charge in [0.15, 0.2) is 11.6 Å². The number of benzene rings is 4. The average Bonchev–Trinajstić information content (AvgIpc) is 3.15. The van der Waals surface area contributed by atoms with E-state index < -0.39 is 122 Å². The van der Waals surface area contributed by atoms with Crippen LogP contribution >= 0.6 is 11.6 Å². The number of rotatable bonds is 7. The van der Waals surface area contributed by atoms with Gasteiger partial charge in [0.2, 0.25) is 0 Å². The van der Waals surface area contributed by atoms with E-state index in [0.29, 0.717) is 12.2 Å². The second-order valence-electron chi connectivity index (χ2n) is 15.5. The lowest BCUT2D eigenvalue weighted by Gasteiger charge is -2.48. The number of carbonyl (C=O) groups excluding carboxylic acids is 4. The minimum atomic E-state index is -2.27. The zero-order chi connectivity index (χ0) is 43.1. The first-order valence-corrected chi connectivity index (χ1v) is 18.7. The first kappa shape index (κ1) is 41.8. The van der Waals surface area contributed by atoms with Crippen molar-refractivity contribution >= 4 is 56.7 Å². The van der Waals surface area contributed by atoms with Gasteiger partial charge in [-0.3, -0.25) is 9.59 Å². The van der Waals surface area contributed by atoms with Crippen molar-refractivity contribution in [3.8, 4) is 34.1 Å². The third kappa shape index (κ3) is 5.84. The Kier molecular flexibility index (Phi) is 10.5. The Balaban J connectivity index is 2.06. The van der Waals surface area contributed by atoms with Crippen LogP contribution in [0.15, 0.2) is 54.0 Å². The highest BCUT2D eigenvalue weighted by Gasteiger charge is 2.58. The topological polar surface area (TPSA) is 249 Å². The van der Waals surface area contributed by atoms with Crippen molar-refractivity contribution in [1.82, 2.24) is 0 Å². The number of hydrogen-bond donors (Lipinski definition) is 8. The number of halogens is 1. The molecule has 0 spiro atoms. The van der Waals surface area contributed by atoms with Gasteiger partial charge in [0.25, 0.3) is 0 Å². The second kappa shape index (κ2) is 14.5. The molecule has 0 radical (unpaired) electrons. The Hall–Kier alpha value is -5.83. The molecule has 5 unspecified atom stereocenters. The molecule has 0 bridgehead atoms. The lowest BCUT2D eigenvalue weighted by atomic mass is 9.57. The first-order chi connectivity index (χ1) is 27.1. The van der Waals surface area contributed by atoms with Gasteiger partial charge in [-0.25, -0.2) is 9.59 Å². The van der Waals surface area contributed by atoms with Crippen LogP contribution in [-0.4, -0.2) is 89.8 Å². The smallest absolute Gasteiger partial charge is 0.333 e. The minimum absolute atomic E-state index is 0.115. The number of fused-ring (bicyclic) bond motifs is 4. The Morgan fingerprint density at radius 3 is 1.83 bits per heavy atom. The molecule has 2 aliphatic rings. The number of hydrogen-bond acceptors (Lipinski definition) is 14. The summed E-state index contributed by atoms with van der Waals surface area (Å²) in [5, 5.41) is 94.9. The zero-order valence-corrected chi connectivity index (χ0v) is 33.3. The average molecular weight is 819 g/mol. The largest absolute Gasteiger partial charge is 0.511 e. The summed E-state index contributed by atoms with van der Waals surface area (Å²) in [4.78, 5) is 54.7. The molecule has 8 N–H and O–H groups in total. The van der Waals surface area contributed by atoms with Gasteiger partial charge in [-0.2, -0.15) is 0 Å². The standard InChI is InChI=1S/C43H43ClO14/c1-16(2)42(55)15-25(49)32-35(37(42)23(47)13-26(50)57-6)33(30-20(44)11-12-22(46)31(30)41(32)54)29-19-9-8-10-21(45)28(19)40(53)36-34(29)38(24(48)14-27(51)58-7)43(56,17(3)4)18(5)39(36)52/h8-14,16-18,37-38,45-48,53-56H,15H2,1-7H3/b23-13-,24-14+. The number of methoxy groups -OCH3 is 2. The predicted octanol–water partition coefficient (Wildman–Crippen LogP) is 6.73. The van der Waals surface area contributed by atoms with E-state index >= 15 is 0 Å². The monoisotopic (exact) mass is 818 g/mol. The van der Waals surface area contributed by atoms with E-state index in [0.717, 1.165) is 20.3 Å². The third-order valence-corrected chi connectivity index (χ3v) is 12.3. The summed E-state index contributed by atoms with van der Waals surface area (Å²) in [6.45, 7) is 7.55. The molecule has 4 aromatic carbocycles.